The number of amides is 2. The lowest BCUT2D eigenvalue weighted by Gasteiger charge is -2.15. The Balaban J connectivity index is 1.80. The van der Waals surface area contributed by atoms with Crippen molar-refractivity contribution >= 4 is 23.5 Å². The number of nitrogens with one attached hydrogen (secondary N) is 1. The Morgan fingerprint density at radius 2 is 1.65 bits per heavy atom. The van der Waals surface area contributed by atoms with Gasteiger partial charge in [0.05, 0.1) is 18.4 Å². The van der Waals surface area contributed by atoms with Crippen LogP contribution in [0, 0.1) is 0 Å². The molecule has 0 atom stereocenters. The maximum atomic E-state index is 12.6. The van der Waals surface area contributed by atoms with Gasteiger partial charge < -0.3 is 15.0 Å². The topological polar surface area (TPSA) is 75.7 Å². The van der Waals surface area contributed by atoms with E-state index in [-0.39, 0.29) is 11.5 Å². The van der Waals surface area contributed by atoms with Crippen LogP contribution in [0.2, 0.25) is 0 Å². The van der Waals surface area contributed by atoms with Crippen LogP contribution >= 0.6 is 0 Å². The summed E-state index contributed by atoms with van der Waals surface area (Å²) in [6.45, 7) is 1.50. The van der Waals surface area contributed by atoms with Gasteiger partial charge >= 0.3 is 5.97 Å². The molecule has 134 valence electrons. The Labute approximate surface area is 151 Å². The number of rotatable bonds is 4. The number of carbonyl (C=O) groups is 3. The number of esters is 1. The van der Waals surface area contributed by atoms with Gasteiger partial charge in [-0.05, 0) is 43.2 Å². The van der Waals surface area contributed by atoms with Gasteiger partial charge in [-0.2, -0.15) is 0 Å². The molecule has 0 unspecified atom stereocenters. The molecular formula is C20H20N2O4. The van der Waals surface area contributed by atoms with Crippen LogP contribution in [-0.4, -0.2) is 42.9 Å². The lowest BCUT2D eigenvalue weighted by Crippen LogP contribution is -2.27. The summed E-state index contributed by atoms with van der Waals surface area (Å²) in [6.07, 6.45) is 2.02. The summed E-state index contributed by atoms with van der Waals surface area (Å²) in [5.74, 6) is -0.983. The number of para-hydroxylation sites is 1. The molecule has 3 rings (SSSR count). The zero-order valence-corrected chi connectivity index (χ0v) is 14.5. The average Bonchev–Trinajstić information content (AvgIpc) is 3.22. The molecular weight excluding hydrogens is 332 g/mol. The number of hydrogen-bond donors (Lipinski definition) is 1. The summed E-state index contributed by atoms with van der Waals surface area (Å²) in [4.78, 5) is 38.7. The van der Waals surface area contributed by atoms with E-state index in [2.05, 4.69) is 5.32 Å². The summed E-state index contributed by atoms with van der Waals surface area (Å²) >= 11 is 0. The van der Waals surface area contributed by atoms with Crippen molar-refractivity contribution in [3.8, 4) is 0 Å². The summed E-state index contributed by atoms with van der Waals surface area (Å²) in [5, 5.41) is 2.71. The monoisotopic (exact) mass is 352 g/mol. The van der Waals surface area contributed by atoms with E-state index in [1.807, 2.05) is 0 Å². The van der Waals surface area contributed by atoms with E-state index < -0.39 is 11.9 Å². The number of nitrogens with zero attached hydrogens (tertiary/aromatic N) is 1. The number of benzene rings is 2. The molecule has 1 heterocycles. The van der Waals surface area contributed by atoms with Crippen LogP contribution in [0.3, 0.4) is 0 Å². The van der Waals surface area contributed by atoms with Gasteiger partial charge in [-0.3, -0.25) is 9.59 Å². The minimum atomic E-state index is -0.529. The number of carbonyl (C=O) groups excluding carboxylic acids is 3. The third-order valence-electron chi connectivity index (χ3n) is 4.35. The minimum absolute atomic E-state index is 0.0629. The number of likely N-dealkylation sites (tertiary alicyclic amines) is 1. The summed E-state index contributed by atoms with van der Waals surface area (Å²) in [6, 6.07) is 13.2. The molecule has 1 aliphatic heterocycles. The van der Waals surface area contributed by atoms with Crippen molar-refractivity contribution in [3.05, 3.63) is 65.2 Å². The van der Waals surface area contributed by atoms with Gasteiger partial charge in [-0.15, -0.1) is 0 Å². The summed E-state index contributed by atoms with van der Waals surface area (Å²) in [5.41, 5.74) is 1.48. The Kier molecular flexibility index (Phi) is 5.31. The first-order chi connectivity index (χ1) is 12.6. The fourth-order valence-electron chi connectivity index (χ4n) is 2.97. The second kappa shape index (κ2) is 7.82. The van der Waals surface area contributed by atoms with Crippen LogP contribution in [0.25, 0.3) is 0 Å². The molecule has 1 saturated heterocycles. The first kappa shape index (κ1) is 17.7. The first-order valence-electron chi connectivity index (χ1n) is 8.48. The molecule has 2 amide bonds. The van der Waals surface area contributed by atoms with Crippen LogP contribution in [0.1, 0.15) is 43.9 Å². The highest BCUT2D eigenvalue weighted by molar-refractivity contribution is 6.09. The van der Waals surface area contributed by atoms with Crippen LogP contribution in [0.4, 0.5) is 5.69 Å². The van der Waals surface area contributed by atoms with E-state index in [1.165, 1.54) is 7.11 Å². The second-order valence-corrected chi connectivity index (χ2v) is 6.07. The second-order valence-electron chi connectivity index (χ2n) is 6.07. The number of hydrogen-bond acceptors (Lipinski definition) is 4. The Morgan fingerprint density at radius 3 is 2.38 bits per heavy atom. The van der Waals surface area contributed by atoms with E-state index in [1.54, 1.807) is 53.4 Å². The van der Waals surface area contributed by atoms with Crippen LogP contribution < -0.4 is 5.32 Å². The van der Waals surface area contributed by atoms with Crippen molar-refractivity contribution < 1.29 is 19.1 Å². The van der Waals surface area contributed by atoms with Crippen molar-refractivity contribution in [3.63, 3.8) is 0 Å². The van der Waals surface area contributed by atoms with E-state index >= 15 is 0 Å². The highest BCUT2D eigenvalue weighted by Crippen LogP contribution is 2.18. The maximum absolute atomic E-state index is 12.6. The zero-order chi connectivity index (χ0) is 18.5. The highest BCUT2D eigenvalue weighted by atomic mass is 16.5. The van der Waals surface area contributed by atoms with Crippen molar-refractivity contribution in [2.45, 2.75) is 12.8 Å². The van der Waals surface area contributed by atoms with Gasteiger partial charge in [-0.25, -0.2) is 4.79 Å². The van der Waals surface area contributed by atoms with E-state index in [0.717, 1.165) is 25.9 Å². The van der Waals surface area contributed by atoms with E-state index in [0.29, 0.717) is 16.8 Å². The molecule has 6 heteroatoms. The molecule has 0 spiro atoms. The third-order valence-corrected chi connectivity index (χ3v) is 4.35. The summed E-state index contributed by atoms with van der Waals surface area (Å²) < 4.78 is 4.73. The molecule has 6 nitrogen and oxygen atoms in total. The fraction of sp³-hybridized carbons (Fsp3) is 0.250. The number of methoxy groups -OCH3 is 1. The maximum Gasteiger partial charge on any atom is 0.339 e. The molecule has 0 aromatic heterocycles. The average molecular weight is 352 g/mol. The van der Waals surface area contributed by atoms with E-state index in [9.17, 15) is 14.4 Å². The van der Waals surface area contributed by atoms with Crippen LogP contribution in [-0.2, 0) is 4.74 Å². The highest BCUT2D eigenvalue weighted by Gasteiger charge is 2.20. The third kappa shape index (κ3) is 3.74. The lowest BCUT2D eigenvalue weighted by atomic mass is 10.1. The lowest BCUT2D eigenvalue weighted by molar-refractivity contribution is 0.0601. The summed E-state index contributed by atoms with van der Waals surface area (Å²) in [7, 11) is 1.29. The number of ether oxygens (including phenoxy) is 1. The molecule has 0 bridgehead atoms. The molecule has 2 aromatic carbocycles. The Bertz CT molecular complexity index is 841. The van der Waals surface area contributed by atoms with Gasteiger partial charge in [0, 0.05) is 24.2 Å². The minimum Gasteiger partial charge on any atom is -0.465 e. The smallest absolute Gasteiger partial charge is 0.339 e. The predicted octanol–water partition coefficient (Wildman–Crippen LogP) is 2.96. The molecule has 0 aliphatic carbocycles. The van der Waals surface area contributed by atoms with Crippen molar-refractivity contribution in [1.29, 1.82) is 0 Å². The van der Waals surface area contributed by atoms with Crippen LogP contribution in [0.15, 0.2) is 48.5 Å². The van der Waals surface area contributed by atoms with Crippen molar-refractivity contribution in [2.24, 2.45) is 0 Å². The van der Waals surface area contributed by atoms with Gasteiger partial charge in [0.2, 0.25) is 0 Å². The van der Waals surface area contributed by atoms with Gasteiger partial charge in [-0.1, -0.05) is 18.2 Å². The zero-order valence-electron chi connectivity index (χ0n) is 14.5. The molecule has 1 fully saturated rings. The molecule has 2 aromatic rings. The van der Waals surface area contributed by atoms with Gasteiger partial charge in [0.25, 0.3) is 11.8 Å². The molecule has 0 saturated carbocycles. The van der Waals surface area contributed by atoms with Crippen LogP contribution in [0.5, 0.6) is 0 Å². The van der Waals surface area contributed by atoms with Crippen molar-refractivity contribution in [2.75, 3.05) is 25.5 Å². The molecule has 1 aliphatic rings. The normalized spacial score (nSPS) is 13.3. The predicted molar refractivity (Wildman–Crippen MR) is 97.3 cm³/mol. The molecule has 0 radical (unpaired) electrons. The Morgan fingerprint density at radius 1 is 0.962 bits per heavy atom. The van der Waals surface area contributed by atoms with Gasteiger partial charge in [0.15, 0.2) is 0 Å². The quantitative estimate of drug-likeness (QED) is 0.859. The standard InChI is InChI=1S/C20H20N2O4/c1-26-20(25)16-9-2-3-10-17(16)21-18(23)14-7-6-8-15(13-14)19(24)22-11-4-5-12-22/h2-3,6-10,13H,4-5,11-12H2,1H3,(H,21,23). The van der Waals surface area contributed by atoms with Gasteiger partial charge in [0.1, 0.15) is 0 Å². The fourth-order valence-corrected chi connectivity index (χ4v) is 2.97. The SMILES string of the molecule is COC(=O)c1ccccc1NC(=O)c1cccc(C(=O)N2CCCC2)c1. The number of anilines is 1. The Hall–Kier alpha value is -3.15. The first-order valence-corrected chi connectivity index (χ1v) is 8.48. The molecule has 26 heavy (non-hydrogen) atoms. The van der Waals surface area contributed by atoms with E-state index in [4.69, 9.17) is 4.74 Å². The molecule has 1 N–H and O–H groups in total. The van der Waals surface area contributed by atoms with Crippen molar-refractivity contribution in [1.82, 2.24) is 4.90 Å². The largest absolute Gasteiger partial charge is 0.465 e.